The minimum atomic E-state index is 0.500. The molecule has 2 unspecified atom stereocenters. The number of hydrogen-bond acceptors (Lipinski definition) is 0. The lowest BCUT2D eigenvalue weighted by atomic mass is 9.88. The van der Waals surface area contributed by atoms with Crippen molar-refractivity contribution in [2.24, 2.45) is 75.9 Å². The van der Waals surface area contributed by atoms with Gasteiger partial charge in [0.15, 0.2) is 0 Å². The van der Waals surface area contributed by atoms with Crippen molar-refractivity contribution in [3.8, 4) is 0 Å². The Hall–Kier alpha value is 0. The van der Waals surface area contributed by atoms with Crippen molar-refractivity contribution in [1.29, 1.82) is 0 Å². The summed E-state index contributed by atoms with van der Waals surface area (Å²) in [7, 11) is 0. The lowest BCUT2D eigenvalue weighted by Crippen LogP contribution is -2.04. The fourth-order valence-electron chi connectivity index (χ4n) is 4.77. The predicted octanol–water partition coefficient (Wildman–Crippen LogP) is 34.1. The highest BCUT2D eigenvalue weighted by Gasteiger charge is 2.30. The second-order valence-electron chi connectivity index (χ2n) is 30.2. The van der Waals surface area contributed by atoms with Gasteiger partial charge in [-0.1, -0.05) is 457 Å². The topological polar surface area (TPSA) is 0 Å². The van der Waals surface area contributed by atoms with Crippen LogP contribution in [-0.4, -0.2) is 0 Å². The molecule has 0 N–H and O–H groups in total. The molecule has 0 saturated heterocycles. The van der Waals surface area contributed by atoms with E-state index in [1.54, 1.807) is 0 Å². The molecule has 3 atom stereocenters. The first-order valence-corrected chi connectivity index (χ1v) is 39.0. The first kappa shape index (κ1) is 115. The van der Waals surface area contributed by atoms with Gasteiger partial charge >= 0.3 is 0 Å². The second kappa shape index (κ2) is 99.2. The zero-order valence-corrected chi connectivity index (χ0v) is 69.6. The van der Waals surface area contributed by atoms with Crippen LogP contribution >= 0.6 is 0 Å². The lowest BCUT2D eigenvalue weighted by Gasteiger charge is -2.18. The Bertz CT molecular complexity index is 833. The first-order chi connectivity index (χ1) is 39.0. The van der Waals surface area contributed by atoms with E-state index in [2.05, 4.69) is 256 Å². The van der Waals surface area contributed by atoms with Crippen molar-refractivity contribution in [2.45, 2.75) is 476 Å². The molecule has 0 radical (unpaired) electrons. The maximum absolute atomic E-state index is 2.31. The van der Waals surface area contributed by atoms with E-state index >= 15 is 0 Å². The summed E-state index contributed by atoms with van der Waals surface area (Å²) < 4.78 is 0. The van der Waals surface area contributed by atoms with Gasteiger partial charge in [-0.15, -0.1) is 0 Å². The van der Waals surface area contributed by atoms with Crippen molar-refractivity contribution in [1.82, 2.24) is 0 Å². The van der Waals surface area contributed by atoms with Gasteiger partial charge in [0, 0.05) is 0 Å². The third-order valence-corrected chi connectivity index (χ3v) is 13.3. The normalized spacial score (nSPS) is 15.6. The fourth-order valence-corrected chi connectivity index (χ4v) is 4.77. The Kier molecular flexibility index (Phi) is 136. The van der Waals surface area contributed by atoms with Crippen molar-refractivity contribution in [2.75, 3.05) is 0 Å². The molecule has 0 amide bonds. The quantitative estimate of drug-likeness (QED) is 0.135. The van der Waals surface area contributed by atoms with Crippen molar-refractivity contribution in [3.05, 3.63) is 0 Å². The minimum absolute atomic E-state index is 0.500. The Morgan fingerprint density at radius 3 is 0.619 bits per heavy atom. The Balaban J connectivity index is -0.0000000581. The van der Waals surface area contributed by atoms with E-state index in [1.807, 2.05) is 27.7 Å². The smallest absolute Gasteiger partial charge is 0.0354 e. The molecule has 0 aromatic carbocycles. The summed E-state index contributed by atoms with van der Waals surface area (Å²) in [5, 5.41) is 0. The van der Waals surface area contributed by atoms with Crippen LogP contribution in [0, 0.1) is 75.9 Å². The highest BCUT2D eigenvalue weighted by atomic mass is 14.4. The minimum Gasteiger partial charge on any atom is -0.0683 e. The molecule has 0 heterocycles. The van der Waals surface area contributed by atoms with Crippen LogP contribution in [-0.2, 0) is 0 Å². The van der Waals surface area contributed by atoms with E-state index in [-0.39, 0.29) is 0 Å². The maximum Gasteiger partial charge on any atom is -0.0354 e. The van der Waals surface area contributed by atoms with Crippen LogP contribution in [0.1, 0.15) is 476 Å². The van der Waals surface area contributed by atoms with E-state index in [0.717, 1.165) is 70.5 Å². The maximum atomic E-state index is 2.31. The zero-order valence-electron chi connectivity index (χ0n) is 69.6. The van der Waals surface area contributed by atoms with E-state index < -0.39 is 0 Å². The van der Waals surface area contributed by atoms with Crippen LogP contribution in [0.5, 0.6) is 0 Å². The molecule has 0 heteroatoms. The Labute approximate surface area is 549 Å². The molecule has 84 heavy (non-hydrogen) atoms. The Morgan fingerprint density at radius 1 is 0.369 bits per heavy atom. The van der Waals surface area contributed by atoms with Crippen LogP contribution in [0.4, 0.5) is 0 Å². The summed E-state index contributed by atoms with van der Waals surface area (Å²) in [6, 6.07) is 0. The highest BCUT2D eigenvalue weighted by Crippen LogP contribution is 2.43. The van der Waals surface area contributed by atoms with E-state index in [1.165, 1.54) is 193 Å². The summed E-state index contributed by atoms with van der Waals surface area (Å²) in [6.45, 7) is 90.3. The highest BCUT2D eigenvalue weighted by molar-refractivity contribution is 4.82. The van der Waals surface area contributed by atoms with Crippen molar-refractivity contribution < 1.29 is 0 Å². The molecule has 5 fully saturated rings. The van der Waals surface area contributed by atoms with Gasteiger partial charge in [0.1, 0.15) is 0 Å². The third kappa shape index (κ3) is 254. The third-order valence-electron chi connectivity index (χ3n) is 13.3. The molecule has 530 valence electrons. The monoisotopic (exact) mass is 1200 g/mol. The van der Waals surface area contributed by atoms with E-state index in [0.29, 0.717) is 5.41 Å². The molecular formula is C84H194. The summed E-state index contributed by atoms with van der Waals surface area (Å²) in [4.78, 5) is 0. The van der Waals surface area contributed by atoms with Gasteiger partial charge in [0.05, 0.1) is 0 Å². The number of rotatable bonds is 16. The van der Waals surface area contributed by atoms with E-state index in [9.17, 15) is 0 Å². The summed E-state index contributed by atoms with van der Waals surface area (Å²) in [5.74, 6) is 10.7. The van der Waals surface area contributed by atoms with Gasteiger partial charge < -0.3 is 0 Å². The SMILES string of the molecule is CC.CC.CC(C)(C)C.CC(C)C.CC1(C)CC1.CC1CC1.CC1CC1C.CC1CCC1.CCC.CCC(C)C.CCC(C)C.CCC1CC1.CCCC.CCCC(C)C.CCCC(C)C.CCCCC.CCCCCC.CCC[C@H](C)CC. The standard InChI is InChI=1S/C7H16.3C6H14.4C5H10.4C5H12.C4H8.2C4H10.C3H8.2C2H6/c1-4-6-7(3)5-2;2*1-4-5-6(2)3;1-3-5-6-4-2;1-5(2)3-4-5;1-4-3-5(4)2;1-5-3-2-4-5;1-2-5-3-4-5;1-5(2,3)4;2*1-4-5(2)3;1-3-5-4-2;1-4-2-3-4;1-4(2)3;1-3-4-2;1-3-2;2*1-2/h7H,4-6H2,1-3H3;2*6H,4-5H2,1-3H3;3-6H2,1-2H3;3-4H2,1-2H3;4-5H,3H2,1-2H3;2*5H,2-4H2,1H3;1-4H3;2*5H,4H2,1-3H3;3-5H2,1-2H3;4H,2-3H2,1H3;4H,1-3H3;3-4H2,1-2H3;3H2,1-2H3;2*1-2H3/t7-;;;;;;;;;;;;;;;;;/m1................./s1. The zero-order chi connectivity index (χ0) is 69.6. The van der Waals surface area contributed by atoms with Crippen molar-refractivity contribution >= 4 is 0 Å². The number of unbranched alkanes of at least 4 members (excludes halogenated alkanes) is 6. The molecule has 0 aromatic rings. The Morgan fingerprint density at radius 2 is 0.595 bits per heavy atom. The molecule has 5 aliphatic carbocycles. The molecule has 5 rings (SSSR count). The van der Waals surface area contributed by atoms with Gasteiger partial charge in [-0.3, -0.25) is 0 Å². The second-order valence-corrected chi connectivity index (χ2v) is 30.2. The molecule has 0 aromatic heterocycles. The predicted molar refractivity (Wildman–Crippen MR) is 414 cm³/mol. The van der Waals surface area contributed by atoms with Gasteiger partial charge in [-0.2, -0.15) is 0 Å². The van der Waals surface area contributed by atoms with Gasteiger partial charge in [0.25, 0.3) is 0 Å². The lowest BCUT2D eigenvalue weighted by molar-refractivity contribution is 0.346. The van der Waals surface area contributed by atoms with E-state index in [4.69, 9.17) is 0 Å². The molecule has 5 saturated carbocycles. The van der Waals surface area contributed by atoms with Crippen LogP contribution in [0.15, 0.2) is 0 Å². The van der Waals surface area contributed by atoms with Crippen LogP contribution in [0.2, 0.25) is 0 Å². The molecule has 0 bridgehead atoms. The fraction of sp³-hybridized carbons (Fsp3) is 1.00. The average Bonchev–Trinajstić information content (AvgIpc) is 4.22. The molecule has 0 nitrogen and oxygen atoms in total. The van der Waals surface area contributed by atoms with Crippen LogP contribution < -0.4 is 0 Å². The molecule has 0 spiro atoms. The summed E-state index contributed by atoms with van der Waals surface area (Å²) in [6.07, 6.45) is 41.9. The van der Waals surface area contributed by atoms with Gasteiger partial charge in [-0.05, 0) is 95.2 Å². The number of hydrogen-bond donors (Lipinski definition) is 0. The van der Waals surface area contributed by atoms with Crippen LogP contribution in [0.3, 0.4) is 0 Å². The molecule has 5 aliphatic rings. The molecular weight excluding hydrogens is 1010 g/mol. The first-order valence-electron chi connectivity index (χ1n) is 39.0. The van der Waals surface area contributed by atoms with Gasteiger partial charge in [-0.25, -0.2) is 0 Å². The largest absolute Gasteiger partial charge is 0.0683 e. The summed E-state index contributed by atoms with van der Waals surface area (Å²) >= 11 is 0. The van der Waals surface area contributed by atoms with Crippen LogP contribution in [0.25, 0.3) is 0 Å². The summed E-state index contributed by atoms with van der Waals surface area (Å²) in [5.41, 5.74) is 1.25. The average molecular weight is 1200 g/mol. The van der Waals surface area contributed by atoms with Crippen molar-refractivity contribution in [3.63, 3.8) is 0 Å². The molecule has 0 aliphatic heterocycles. The van der Waals surface area contributed by atoms with Gasteiger partial charge in [0.2, 0.25) is 0 Å².